The first-order valence-electron chi connectivity index (χ1n) is 6.54. The molecule has 6 heteroatoms. The molecule has 0 bridgehead atoms. The van der Waals surface area contributed by atoms with E-state index in [0.29, 0.717) is 29.2 Å². The van der Waals surface area contributed by atoms with Crippen molar-refractivity contribution in [1.29, 1.82) is 0 Å². The average molecular weight is 259 g/mol. The monoisotopic (exact) mass is 259 g/mol. The number of hydrogen-bond donors (Lipinski definition) is 0. The molecular formula is C13H17N5O. The zero-order valence-corrected chi connectivity index (χ0v) is 11.2. The molecule has 0 saturated carbocycles. The van der Waals surface area contributed by atoms with Gasteiger partial charge in [-0.15, -0.1) is 0 Å². The van der Waals surface area contributed by atoms with Crippen molar-refractivity contribution in [3.05, 3.63) is 24.5 Å². The topological polar surface area (TPSA) is 67.9 Å². The second-order valence-corrected chi connectivity index (χ2v) is 5.36. The fraction of sp³-hybridized carbons (Fsp3) is 0.538. The molecule has 2 aromatic heterocycles. The van der Waals surface area contributed by atoms with Crippen molar-refractivity contribution in [2.75, 3.05) is 19.6 Å². The van der Waals surface area contributed by atoms with Crippen LogP contribution in [0.15, 0.2) is 23.1 Å². The van der Waals surface area contributed by atoms with Gasteiger partial charge in [-0.05, 0) is 5.92 Å². The Hall–Kier alpha value is -1.82. The summed E-state index contributed by atoms with van der Waals surface area (Å²) in [6.07, 6.45) is 4.89. The zero-order chi connectivity index (χ0) is 13.2. The van der Waals surface area contributed by atoms with E-state index in [1.54, 1.807) is 18.6 Å². The van der Waals surface area contributed by atoms with Gasteiger partial charge in [0.2, 0.25) is 11.7 Å². The highest BCUT2D eigenvalue weighted by atomic mass is 16.5. The summed E-state index contributed by atoms with van der Waals surface area (Å²) in [6, 6.07) is 0. The summed E-state index contributed by atoms with van der Waals surface area (Å²) in [6.45, 7) is 7.58. The van der Waals surface area contributed by atoms with E-state index in [9.17, 15) is 0 Å². The van der Waals surface area contributed by atoms with E-state index in [0.717, 1.165) is 19.6 Å². The summed E-state index contributed by atoms with van der Waals surface area (Å²) in [5, 5.41) is 3.97. The van der Waals surface area contributed by atoms with Crippen LogP contribution in [0, 0.1) is 5.92 Å². The number of hydrogen-bond acceptors (Lipinski definition) is 6. The minimum absolute atomic E-state index is 0.358. The lowest BCUT2D eigenvalue weighted by molar-refractivity contribution is 0.111. The van der Waals surface area contributed by atoms with Gasteiger partial charge in [0.1, 0.15) is 5.69 Å². The maximum Gasteiger partial charge on any atom is 0.232 e. The molecule has 0 amide bonds. The van der Waals surface area contributed by atoms with Crippen LogP contribution in [0.25, 0.3) is 11.5 Å². The Bertz CT molecular complexity index is 533. The van der Waals surface area contributed by atoms with E-state index in [4.69, 9.17) is 4.52 Å². The smallest absolute Gasteiger partial charge is 0.232 e. The van der Waals surface area contributed by atoms with E-state index < -0.39 is 0 Å². The normalized spacial score (nSPS) is 16.8. The van der Waals surface area contributed by atoms with Crippen LogP contribution >= 0.6 is 0 Å². The van der Waals surface area contributed by atoms with Gasteiger partial charge < -0.3 is 9.42 Å². The fourth-order valence-electron chi connectivity index (χ4n) is 2.31. The van der Waals surface area contributed by atoms with Crippen molar-refractivity contribution in [3.8, 4) is 11.5 Å². The minimum Gasteiger partial charge on any atom is -0.339 e. The van der Waals surface area contributed by atoms with Crippen LogP contribution in [0.4, 0.5) is 0 Å². The average Bonchev–Trinajstić information content (AvgIpc) is 2.83. The third kappa shape index (κ3) is 2.63. The van der Waals surface area contributed by atoms with E-state index >= 15 is 0 Å². The molecule has 100 valence electrons. The summed E-state index contributed by atoms with van der Waals surface area (Å²) >= 11 is 0. The second kappa shape index (κ2) is 5.05. The maximum atomic E-state index is 5.32. The molecule has 0 N–H and O–H groups in total. The molecule has 3 heterocycles. The molecule has 19 heavy (non-hydrogen) atoms. The number of aromatic nitrogens is 4. The van der Waals surface area contributed by atoms with Crippen molar-refractivity contribution in [1.82, 2.24) is 25.0 Å². The van der Waals surface area contributed by atoms with Gasteiger partial charge in [-0.25, -0.2) is 4.98 Å². The van der Waals surface area contributed by atoms with E-state index in [-0.39, 0.29) is 0 Å². The van der Waals surface area contributed by atoms with Crippen molar-refractivity contribution in [2.24, 2.45) is 5.92 Å². The Morgan fingerprint density at radius 3 is 2.89 bits per heavy atom. The standard InChI is InChI=1S/C13H17N5O/c1-9(2)6-18-7-10(8-18)13-16-12(17-19-13)11-5-14-3-4-15-11/h3-5,9-10H,6-8H2,1-2H3. The van der Waals surface area contributed by atoms with Crippen LogP contribution < -0.4 is 0 Å². The predicted octanol–water partition coefficient (Wildman–Crippen LogP) is 1.58. The van der Waals surface area contributed by atoms with Crippen molar-refractivity contribution in [2.45, 2.75) is 19.8 Å². The quantitative estimate of drug-likeness (QED) is 0.830. The Morgan fingerprint density at radius 1 is 1.37 bits per heavy atom. The Labute approximate surface area is 111 Å². The molecule has 0 spiro atoms. The summed E-state index contributed by atoms with van der Waals surface area (Å²) in [7, 11) is 0. The predicted molar refractivity (Wildman–Crippen MR) is 69.3 cm³/mol. The largest absolute Gasteiger partial charge is 0.339 e. The van der Waals surface area contributed by atoms with Crippen LogP contribution in [-0.4, -0.2) is 44.6 Å². The summed E-state index contributed by atoms with van der Waals surface area (Å²) < 4.78 is 5.32. The van der Waals surface area contributed by atoms with Gasteiger partial charge >= 0.3 is 0 Å². The summed E-state index contributed by atoms with van der Waals surface area (Å²) in [5.41, 5.74) is 0.649. The number of rotatable bonds is 4. The minimum atomic E-state index is 0.358. The molecule has 1 aliphatic rings. The van der Waals surface area contributed by atoms with Crippen LogP contribution in [0.5, 0.6) is 0 Å². The van der Waals surface area contributed by atoms with E-state index in [1.165, 1.54) is 0 Å². The number of nitrogens with zero attached hydrogens (tertiary/aromatic N) is 5. The van der Waals surface area contributed by atoms with Crippen LogP contribution in [0.3, 0.4) is 0 Å². The molecule has 3 rings (SSSR count). The van der Waals surface area contributed by atoms with Crippen LogP contribution in [0.2, 0.25) is 0 Å². The molecule has 1 saturated heterocycles. The fourth-order valence-corrected chi connectivity index (χ4v) is 2.31. The maximum absolute atomic E-state index is 5.32. The highest BCUT2D eigenvalue weighted by Crippen LogP contribution is 2.27. The van der Waals surface area contributed by atoms with Gasteiger partial charge in [0, 0.05) is 32.0 Å². The van der Waals surface area contributed by atoms with Crippen LogP contribution in [0.1, 0.15) is 25.7 Å². The molecule has 2 aromatic rings. The first-order valence-corrected chi connectivity index (χ1v) is 6.54. The molecule has 0 unspecified atom stereocenters. The van der Waals surface area contributed by atoms with Gasteiger partial charge in [0.15, 0.2) is 0 Å². The van der Waals surface area contributed by atoms with E-state index in [1.807, 2.05) is 0 Å². The van der Waals surface area contributed by atoms with Crippen molar-refractivity contribution < 1.29 is 4.52 Å². The Balaban J connectivity index is 1.64. The first-order chi connectivity index (χ1) is 9.22. The van der Waals surface area contributed by atoms with Crippen LogP contribution in [-0.2, 0) is 0 Å². The van der Waals surface area contributed by atoms with E-state index in [2.05, 4.69) is 38.9 Å². The SMILES string of the molecule is CC(C)CN1CC(c2nc(-c3cnccn3)no2)C1. The highest BCUT2D eigenvalue weighted by molar-refractivity contribution is 5.45. The van der Waals surface area contributed by atoms with Crippen molar-refractivity contribution in [3.63, 3.8) is 0 Å². The molecule has 6 nitrogen and oxygen atoms in total. The Kier molecular flexibility index (Phi) is 3.25. The first kappa shape index (κ1) is 12.2. The second-order valence-electron chi connectivity index (χ2n) is 5.36. The molecule has 0 aromatic carbocycles. The summed E-state index contributed by atoms with van der Waals surface area (Å²) in [4.78, 5) is 15.0. The van der Waals surface area contributed by atoms with Gasteiger partial charge in [0.05, 0.1) is 12.1 Å². The molecule has 0 aliphatic carbocycles. The molecular weight excluding hydrogens is 242 g/mol. The Morgan fingerprint density at radius 2 is 2.21 bits per heavy atom. The lowest BCUT2D eigenvalue weighted by Gasteiger charge is -2.38. The lowest BCUT2D eigenvalue weighted by atomic mass is 9.98. The molecule has 1 aliphatic heterocycles. The van der Waals surface area contributed by atoms with Gasteiger partial charge in [-0.1, -0.05) is 19.0 Å². The molecule has 0 atom stereocenters. The van der Waals surface area contributed by atoms with Gasteiger partial charge in [-0.3, -0.25) is 4.98 Å². The number of likely N-dealkylation sites (tertiary alicyclic amines) is 1. The van der Waals surface area contributed by atoms with Gasteiger partial charge in [0.25, 0.3) is 0 Å². The lowest BCUT2D eigenvalue weighted by Crippen LogP contribution is -2.46. The highest BCUT2D eigenvalue weighted by Gasteiger charge is 2.32. The zero-order valence-electron chi connectivity index (χ0n) is 11.2. The third-order valence-electron chi connectivity index (χ3n) is 3.16. The summed E-state index contributed by atoms with van der Waals surface area (Å²) in [5.74, 6) is 2.28. The molecule has 0 radical (unpaired) electrons. The molecule has 1 fully saturated rings. The third-order valence-corrected chi connectivity index (χ3v) is 3.16. The van der Waals surface area contributed by atoms with Gasteiger partial charge in [-0.2, -0.15) is 4.98 Å². The van der Waals surface area contributed by atoms with Crippen molar-refractivity contribution >= 4 is 0 Å².